The largest absolute Gasteiger partial charge is 0.287 e. The number of halogens is 1. The fourth-order valence-electron chi connectivity index (χ4n) is 1.82. The molecule has 0 fully saturated rings. The van der Waals surface area contributed by atoms with Gasteiger partial charge >= 0.3 is 0 Å². The highest BCUT2D eigenvalue weighted by atomic mass is 79.9. The van der Waals surface area contributed by atoms with Crippen molar-refractivity contribution < 1.29 is 4.79 Å². The first-order valence-electron chi connectivity index (χ1n) is 5.84. The van der Waals surface area contributed by atoms with Crippen molar-refractivity contribution in [2.75, 3.05) is 0 Å². The smallest absolute Gasteiger partial charge is 0.214 e. The standard InChI is InChI=1S/C11H7BrN4O.C2H6/c1-5-14-10-9(15-16(5)13)7-3-2-6(12)4-8(7)11(10)17;1-2/h2-4H,1,13H2;1-2H3. The number of Topliss-reactive ketones (excluding diaryl/α,β-unsaturated/α-hetero) is 1. The van der Waals surface area contributed by atoms with Gasteiger partial charge in [0.2, 0.25) is 5.78 Å². The summed E-state index contributed by atoms with van der Waals surface area (Å²) in [6.45, 7) is 7.62. The molecule has 1 heterocycles. The van der Waals surface area contributed by atoms with Crippen LogP contribution in [0.15, 0.2) is 45.2 Å². The Morgan fingerprint density at radius 1 is 1.26 bits per heavy atom. The van der Waals surface area contributed by atoms with Crippen LogP contribution in [0.4, 0.5) is 0 Å². The van der Waals surface area contributed by atoms with Crippen molar-refractivity contribution in [2.24, 2.45) is 15.9 Å². The molecule has 1 aromatic carbocycles. The summed E-state index contributed by atoms with van der Waals surface area (Å²) < 4.78 is 0.841. The molecule has 2 aliphatic rings. The second-order valence-electron chi connectivity index (χ2n) is 3.69. The number of nitrogens with zero attached hydrogens (tertiary/aromatic N) is 3. The van der Waals surface area contributed by atoms with E-state index < -0.39 is 0 Å². The highest BCUT2D eigenvalue weighted by Gasteiger charge is 2.36. The summed E-state index contributed by atoms with van der Waals surface area (Å²) in [6.07, 6.45) is 0. The van der Waals surface area contributed by atoms with Gasteiger partial charge in [-0.1, -0.05) is 42.4 Å². The zero-order valence-electron chi connectivity index (χ0n) is 10.6. The maximum Gasteiger partial charge on any atom is 0.214 e. The van der Waals surface area contributed by atoms with Crippen LogP contribution in [0.2, 0.25) is 0 Å². The van der Waals surface area contributed by atoms with E-state index >= 15 is 0 Å². The predicted octanol–water partition coefficient (Wildman–Crippen LogP) is 2.48. The summed E-state index contributed by atoms with van der Waals surface area (Å²) >= 11 is 3.33. The van der Waals surface area contributed by atoms with Crippen molar-refractivity contribution in [3.8, 4) is 0 Å². The van der Waals surface area contributed by atoms with Gasteiger partial charge in [0.1, 0.15) is 11.4 Å². The lowest BCUT2D eigenvalue weighted by Crippen LogP contribution is -2.32. The number of carbonyl (C=O) groups is 1. The normalized spacial score (nSPS) is 16.1. The molecule has 0 atom stereocenters. The molecule has 0 spiro atoms. The fraction of sp³-hybridized carbons (Fsp3) is 0.154. The van der Waals surface area contributed by atoms with E-state index in [0.29, 0.717) is 17.0 Å². The Balaban J connectivity index is 0.000000637. The number of benzene rings is 1. The molecule has 0 amide bonds. The molecule has 0 radical (unpaired) electrons. The molecule has 0 aromatic heterocycles. The van der Waals surface area contributed by atoms with Crippen LogP contribution in [-0.4, -0.2) is 22.3 Å². The van der Waals surface area contributed by atoms with Gasteiger partial charge in [0.25, 0.3) is 0 Å². The Hall–Kier alpha value is -1.79. The first-order valence-corrected chi connectivity index (χ1v) is 6.63. The van der Waals surface area contributed by atoms with Crippen LogP contribution in [0.1, 0.15) is 29.8 Å². The van der Waals surface area contributed by atoms with Crippen LogP contribution in [0, 0.1) is 0 Å². The van der Waals surface area contributed by atoms with Gasteiger partial charge in [-0.05, 0) is 12.1 Å². The Kier molecular flexibility index (Phi) is 3.64. The first-order chi connectivity index (χ1) is 9.08. The Bertz CT molecular complexity index is 634. The molecule has 1 aromatic rings. The summed E-state index contributed by atoms with van der Waals surface area (Å²) in [4.78, 5) is 16.2. The fourth-order valence-corrected chi connectivity index (χ4v) is 2.19. The number of carbonyl (C=O) groups excluding carboxylic acids is 1. The summed E-state index contributed by atoms with van der Waals surface area (Å²) in [7, 11) is 0. The minimum absolute atomic E-state index is 0.144. The van der Waals surface area contributed by atoms with E-state index in [9.17, 15) is 4.79 Å². The molecule has 6 heteroatoms. The highest BCUT2D eigenvalue weighted by molar-refractivity contribution is 9.10. The molecule has 19 heavy (non-hydrogen) atoms. The quantitative estimate of drug-likeness (QED) is 0.746. The van der Waals surface area contributed by atoms with Crippen LogP contribution in [0.5, 0.6) is 0 Å². The second-order valence-corrected chi connectivity index (χ2v) is 4.60. The number of nitrogens with two attached hydrogens (primary N) is 1. The lowest BCUT2D eigenvalue weighted by molar-refractivity contribution is 0.106. The lowest BCUT2D eigenvalue weighted by atomic mass is 10.1. The monoisotopic (exact) mass is 320 g/mol. The van der Waals surface area contributed by atoms with Crippen LogP contribution in [0.25, 0.3) is 0 Å². The number of ketones is 1. The molecule has 1 aliphatic heterocycles. The third-order valence-electron chi connectivity index (χ3n) is 2.63. The predicted molar refractivity (Wildman–Crippen MR) is 79.0 cm³/mol. The van der Waals surface area contributed by atoms with E-state index in [0.717, 1.165) is 15.2 Å². The van der Waals surface area contributed by atoms with Crippen LogP contribution < -0.4 is 5.84 Å². The van der Waals surface area contributed by atoms with Gasteiger partial charge in [-0.25, -0.2) is 10.8 Å². The minimum Gasteiger partial charge on any atom is -0.287 e. The third-order valence-corrected chi connectivity index (χ3v) is 3.13. The summed E-state index contributed by atoms with van der Waals surface area (Å²) in [5.41, 5.74) is 2.15. The number of aliphatic imine (C=N–C) groups is 1. The summed E-state index contributed by atoms with van der Waals surface area (Å²) in [5.74, 6) is 5.69. The minimum atomic E-state index is -0.144. The van der Waals surface area contributed by atoms with Gasteiger partial charge in [0.05, 0.1) is 0 Å². The number of hydrogen-bond donors (Lipinski definition) is 1. The number of hydrogen-bond acceptors (Lipinski definition) is 5. The Morgan fingerprint density at radius 2 is 1.95 bits per heavy atom. The van der Waals surface area contributed by atoms with Gasteiger partial charge < -0.3 is 0 Å². The SMILES string of the molecule is C=C1N=C2C(=O)c3cc(Br)ccc3C2=NN1N.CC. The van der Waals surface area contributed by atoms with Crippen molar-refractivity contribution in [1.29, 1.82) is 0 Å². The van der Waals surface area contributed by atoms with Crippen molar-refractivity contribution in [1.82, 2.24) is 5.12 Å². The van der Waals surface area contributed by atoms with Crippen LogP contribution in [-0.2, 0) is 0 Å². The van der Waals surface area contributed by atoms with Crippen molar-refractivity contribution in [3.05, 3.63) is 46.2 Å². The number of hydrazone groups is 1. The number of fused-ring (bicyclic) bond motifs is 3. The zero-order valence-corrected chi connectivity index (χ0v) is 12.2. The molecule has 98 valence electrons. The number of rotatable bonds is 0. The molecular formula is C13H13BrN4O. The second kappa shape index (κ2) is 5.07. The molecule has 0 saturated carbocycles. The van der Waals surface area contributed by atoms with E-state index in [1.165, 1.54) is 0 Å². The molecule has 3 rings (SSSR count). The highest BCUT2D eigenvalue weighted by Crippen LogP contribution is 2.27. The molecule has 2 N–H and O–H groups in total. The van der Waals surface area contributed by atoms with E-state index in [1.807, 2.05) is 26.0 Å². The van der Waals surface area contributed by atoms with Gasteiger partial charge in [0.15, 0.2) is 5.82 Å². The summed E-state index contributed by atoms with van der Waals surface area (Å²) in [6, 6.07) is 5.42. The van der Waals surface area contributed by atoms with Crippen molar-refractivity contribution in [2.45, 2.75) is 13.8 Å². The van der Waals surface area contributed by atoms with Crippen LogP contribution in [0.3, 0.4) is 0 Å². The van der Waals surface area contributed by atoms with Crippen molar-refractivity contribution >= 4 is 33.1 Å². The van der Waals surface area contributed by atoms with E-state index in [-0.39, 0.29) is 11.6 Å². The third kappa shape index (κ3) is 2.13. The Morgan fingerprint density at radius 3 is 2.63 bits per heavy atom. The van der Waals surface area contributed by atoms with E-state index in [2.05, 4.69) is 32.6 Å². The van der Waals surface area contributed by atoms with Gasteiger partial charge in [-0.15, -0.1) is 0 Å². The topological polar surface area (TPSA) is 71.0 Å². The zero-order chi connectivity index (χ0) is 14.2. The lowest BCUT2D eigenvalue weighted by Gasteiger charge is -2.17. The first kappa shape index (κ1) is 13.6. The van der Waals surface area contributed by atoms with Gasteiger partial charge in [-0.2, -0.15) is 10.2 Å². The molecule has 1 aliphatic carbocycles. The average molecular weight is 321 g/mol. The van der Waals surface area contributed by atoms with Crippen LogP contribution >= 0.6 is 15.9 Å². The molecule has 0 saturated heterocycles. The average Bonchev–Trinajstić information content (AvgIpc) is 2.66. The van der Waals surface area contributed by atoms with Gasteiger partial charge in [-0.3, -0.25) is 4.79 Å². The molecule has 0 bridgehead atoms. The van der Waals surface area contributed by atoms with Gasteiger partial charge in [0, 0.05) is 15.6 Å². The summed E-state index contributed by atoms with van der Waals surface area (Å²) in [5, 5.41) is 5.18. The van der Waals surface area contributed by atoms with E-state index in [4.69, 9.17) is 5.84 Å². The maximum atomic E-state index is 12.1. The maximum absolute atomic E-state index is 12.1. The molecular weight excluding hydrogens is 308 g/mol. The number of hydrazine groups is 1. The molecule has 5 nitrogen and oxygen atoms in total. The van der Waals surface area contributed by atoms with E-state index in [1.54, 1.807) is 6.07 Å². The Labute approximate surface area is 119 Å². The van der Waals surface area contributed by atoms with Crippen molar-refractivity contribution in [3.63, 3.8) is 0 Å². The molecule has 0 unspecified atom stereocenters.